The zero-order chi connectivity index (χ0) is 19.1. The van der Waals surface area contributed by atoms with Crippen molar-refractivity contribution in [3.63, 3.8) is 0 Å². The third-order valence-electron chi connectivity index (χ3n) is 4.79. The van der Waals surface area contributed by atoms with Gasteiger partial charge in [0.2, 0.25) is 0 Å². The standard InChI is InChI=1S/C19H20ClN3O3/c1-4-19(13-5-7-14(20)8-6-13)17(25)23(18(26)22-19)10-16(24)15-9-11(2)21-12(15)3/h5-9,21H,4,10H2,1-3H3,(H,22,26). The van der Waals surface area contributed by atoms with Crippen molar-refractivity contribution in [1.29, 1.82) is 0 Å². The van der Waals surface area contributed by atoms with Crippen LogP contribution in [-0.4, -0.2) is 34.2 Å². The number of aromatic nitrogens is 1. The number of halogens is 1. The van der Waals surface area contributed by atoms with Crippen LogP contribution in [0.3, 0.4) is 0 Å². The van der Waals surface area contributed by atoms with Gasteiger partial charge in [0.1, 0.15) is 5.54 Å². The highest BCUT2D eigenvalue weighted by Gasteiger charge is 2.51. The Morgan fingerprint density at radius 3 is 2.38 bits per heavy atom. The molecule has 0 radical (unpaired) electrons. The normalized spacial score (nSPS) is 19.8. The minimum Gasteiger partial charge on any atom is -0.362 e. The molecule has 7 heteroatoms. The first-order valence-corrected chi connectivity index (χ1v) is 8.76. The summed E-state index contributed by atoms with van der Waals surface area (Å²) in [4.78, 5) is 42.2. The van der Waals surface area contributed by atoms with Crippen LogP contribution in [0, 0.1) is 13.8 Å². The zero-order valence-corrected chi connectivity index (χ0v) is 15.6. The van der Waals surface area contributed by atoms with Gasteiger partial charge in [0.15, 0.2) is 5.78 Å². The van der Waals surface area contributed by atoms with Crippen molar-refractivity contribution >= 4 is 29.3 Å². The summed E-state index contributed by atoms with van der Waals surface area (Å²) in [6.45, 7) is 5.16. The maximum atomic E-state index is 13.1. The van der Waals surface area contributed by atoms with E-state index in [0.717, 1.165) is 16.3 Å². The Hall–Kier alpha value is -2.60. The number of amides is 3. The summed E-state index contributed by atoms with van der Waals surface area (Å²) in [7, 11) is 0. The molecule has 3 amide bonds. The minimum absolute atomic E-state index is 0.279. The summed E-state index contributed by atoms with van der Waals surface area (Å²) in [6.07, 6.45) is 0.367. The monoisotopic (exact) mass is 373 g/mol. The summed E-state index contributed by atoms with van der Waals surface area (Å²) < 4.78 is 0. The Morgan fingerprint density at radius 2 is 1.85 bits per heavy atom. The summed E-state index contributed by atoms with van der Waals surface area (Å²) in [5, 5.41) is 3.31. The number of rotatable bonds is 5. The Labute approximate surface area is 156 Å². The number of ketones is 1. The minimum atomic E-state index is -1.18. The van der Waals surface area contributed by atoms with Crippen LogP contribution in [0.1, 0.15) is 40.7 Å². The molecule has 1 aliphatic heterocycles. The SMILES string of the molecule is CCC1(c2ccc(Cl)cc2)NC(=O)N(CC(=O)c2cc(C)[nH]c2C)C1=O. The maximum Gasteiger partial charge on any atom is 0.325 e. The van der Waals surface area contributed by atoms with Gasteiger partial charge in [0.25, 0.3) is 5.91 Å². The van der Waals surface area contributed by atoms with Crippen molar-refractivity contribution in [3.8, 4) is 0 Å². The van der Waals surface area contributed by atoms with Crippen LogP contribution in [0.2, 0.25) is 5.02 Å². The summed E-state index contributed by atoms with van der Waals surface area (Å²) >= 11 is 5.92. The average Bonchev–Trinajstić information content (AvgIpc) is 3.06. The van der Waals surface area contributed by atoms with Gasteiger partial charge in [-0.2, -0.15) is 0 Å². The molecule has 0 aliphatic carbocycles. The highest BCUT2D eigenvalue weighted by Crippen LogP contribution is 2.33. The van der Waals surface area contributed by atoms with E-state index < -0.39 is 17.5 Å². The molecular weight excluding hydrogens is 354 g/mol. The molecule has 2 N–H and O–H groups in total. The molecule has 1 unspecified atom stereocenters. The lowest BCUT2D eigenvalue weighted by molar-refractivity contribution is -0.131. The Bertz CT molecular complexity index is 888. The van der Waals surface area contributed by atoms with E-state index in [1.54, 1.807) is 37.3 Å². The van der Waals surface area contributed by atoms with Crippen LogP contribution >= 0.6 is 11.6 Å². The molecule has 0 spiro atoms. The number of imide groups is 1. The number of urea groups is 1. The fourth-order valence-electron chi connectivity index (χ4n) is 3.39. The van der Waals surface area contributed by atoms with Gasteiger partial charge in [-0.1, -0.05) is 30.7 Å². The van der Waals surface area contributed by atoms with Crippen molar-refractivity contribution in [2.45, 2.75) is 32.7 Å². The van der Waals surface area contributed by atoms with E-state index in [-0.39, 0.29) is 12.3 Å². The number of benzene rings is 1. The van der Waals surface area contributed by atoms with Crippen LogP contribution < -0.4 is 5.32 Å². The average molecular weight is 374 g/mol. The Morgan fingerprint density at radius 1 is 1.19 bits per heavy atom. The van der Waals surface area contributed by atoms with Gasteiger partial charge in [-0.15, -0.1) is 0 Å². The van der Waals surface area contributed by atoms with Crippen molar-refractivity contribution < 1.29 is 14.4 Å². The molecule has 1 aromatic carbocycles. The number of nitrogens with zero attached hydrogens (tertiary/aromatic N) is 1. The molecule has 1 aliphatic rings. The van der Waals surface area contributed by atoms with Crippen molar-refractivity contribution in [3.05, 3.63) is 57.9 Å². The molecule has 6 nitrogen and oxygen atoms in total. The van der Waals surface area contributed by atoms with E-state index in [4.69, 9.17) is 11.6 Å². The van der Waals surface area contributed by atoms with E-state index in [1.165, 1.54) is 0 Å². The molecule has 1 atom stereocenters. The van der Waals surface area contributed by atoms with Crippen LogP contribution in [0.15, 0.2) is 30.3 Å². The first kappa shape index (κ1) is 18.2. The van der Waals surface area contributed by atoms with E-state index in [1.807, 2.05) is 13.8 Å². The van der Waals surface area contributed by atoms with Gasteiger partial charge in [-0.25, -0.2) is 4.79 Å². The van der Waals surface area contributed by atoms with Gasteiger partial charge in [0, 0.05) is 22.0 Å². The topological polar surface area (TPSA) is 82.3 Å². The third-order valence-corrected chi connectivity index (χ3v) is 5.05. The van der Waals surface area contributed by atoms with Crippen LogP contribution in [-0.2, 0) is 10.3 Å². The van der Waals surface area contributed by atoms with Crippen LogP contribution in [0.5, 0.6) is 0 Å². The van der Waals surface area contributed by atoms with Crippen LogP contribution in [0.25, 0.3) is 0 Å². The molecule has 136 valence electrons. The first-order valence-electron chi connectivity index (χ1n) is 8.38. The fourth-order valence-corrected chi connectivity index (χ4v) is 3.51. The summed E-state index contributed by atoms with van der Waals surface area (Å²) in [6, 6.07) is 7.94. The van der Waals surface area contributed by atoms with Gasteiger partial charge >= 0.3 is 6.03 Å². The molecular formula is C19H20ClN3O3. The number of Topliss-reactive ketones (excluding diaryl/α,β-unsaturated/α-hetero) is 1. The van der Waals surface area contributed by atoms with E-state index >= 15 is 0 Å². The number of hydrogen-bond acceptors (Lipinski definition) is 3. The fraction of sp³-hybridized carbons (Fsp3) is 0.316. The van der Waals surface area contributed by atoms with Gasteiger partial charge in [-0.05, 0) is 44.0 Å². The zero-order valence-electron chi connectivity index (χ0n) is 14.9. The first-order chi connectivity index (χ1) is 12.3. The molecule has 1 fully saturated rings. The number of carbonyl (C=O) groups is 3. The lowest BCUT2D eigenvalue weighted by atomic mass is 9.87. The second-order valence-corrected chi connectivity index (χ2v) is 6.94. The number of aromatic amines is 1. The smallest absolute Gasteiger partial charge is 0.325 e. The molecule has 1 saturated heterocycles. The second-order valence-electron chi connectivity index (χ2n) is 6.50. The molecule has 1 aromatic heterocycles. The summed E-state index contributed by atoms with van der Waals surface area (Å²) in [5.74, 6) is -0.705. The molecule has 26 heavy (non-hydrogen) atoms. The van der Waals surface area contributed by atoms with Gasteiger partial charge < -0.3 is 10.3 Å². The molecule has 2 aromatic rings. The van der Waals surface area contributed by atoms with Crippen molar-refractivity contribution in [2.24, 2.45) is 0 Å². The maximum absolute atomic E-state index is 13.1. The van der Waals surface area contributed by atoms with E-state index in [0.29, 0.717) is 22.6 Å². The molecule has 2 heterocycles. The second kappa shape index (κ2) is 6.61. The number of aryl methyl sites for hydroxylation is 2. The molecule has 0 saturated carbocycles. The Balaban J connectivity index is 1.89. The van der Waals surface area contributed by atoms with E-state index in [2.05, 4.69) is 10.3 Å². The molecule has 3 rings (SSSR count). The lowest BCUT2D eigenvalue weighted by Gasteiger charge is -2.25. The van der Waals surface area contributed by atoms with Crippen molar-refractivity contribution in [2.75, 3.05) is 6.54 Å². The van der Waals surface area contributed by atoms with E-state index in [9.17, 15) is 14.4 Å². The van der Waals surface area contributed by atoms with Crippen LogP contribution in [0.4, 0.5) is 4.79 Å². The Kier molecular flexibility index (Phi) is 4.63. The third kappa shape index (κ3) is 2.90. The number of nitrogens with one attached hydrogen (secondary N) is 2. The number of carbonyl (C=O) groups excluding carboxylic acids is 3. The van der Waals surface area contributed by atoms with Gasteiger partial charge in [0.05, 0.1) is 6.54 Å². The predicted octanol–water partition coefficient (Wildman–Crippen LogP) is 3.32. The highest BCUT2D eigenvalue weighted by molar-refractivity contribution is 6.30. The predicted molar refractivity (Wildman–Crippen MR) is 98.3 cm³/mol. The number of H-pyrrole nitrogens is 1. The van der Waals surface area contributed by atoms with Gasteiger partial charge in [-0.3, -0.25) is 14.5 Å². The number of hydrogen-bond donors (Lipinski definition) is 2. The quantitative estimate of drug-likeness (QED) is 0.623. The lowest BCUT2D eigenvalue weighted by Crippen LogP contribution is -2.43. The highest BCUT2D eigenvalue weighted by atomic mass is 35.5. The molecule has 0 bridgehead atoms. The van der Waals surface area contributed by atoms with Crippen molar-refractivity contribution in [1.82, 2.24) is 15.2 Å². The largest absolute Gasteiger partial charge is 0.362 e. The summed E-state index contributed by atoms with van der Waals surface area (Å²) in [5.41, 5.74) is 1.53.